The van der Waals surface area contributed by atoms with Gasteiger partial charge in [0.15, 0.2) is 0 Å². The maximum absolute atomic E-state index is 9.95. The van der Waals surface area contributed by atoms with Gasteiger partial charge in [0.25, 0.3) is 0 Å². The average molecular weight is 243 g/mol. The predicted molar refractivity (Wildman–Crippen MR) is 65.3 cm³/mol. The Morgan fingerprint density at radius 3 is 2.12 bits per heavy atom. The molecular formula is C13H25NO3. The van der Waals surface area contributed by atoms with Crippen molar-refractivity contribution in [3.05, 3.63) is 0 Å². The first-order valence-corrected chi connectivity index (χ1v) is 6.87. The van der Waals surface area contributed by atoms with Crippen LogP contribution in [0.15, 0.2) is 0 Å². The van der Waals surface area contributed by atoms with E-state index < -0.39 is 12.2 Å². The van der Waals surface area contributed by atoms with Crippen molar-refractivity contribution in [2.45, 2.75) is 69.3 Å². The summed E-state index contributed by atoms with van der Waals surface area (Å²) in [6.45, 7) is 0. The molecule has 2 aliphatic carbocycles. The van der Waals surface area contributed by atoms with Crippen molar-refractivity contribution in [3.63, 3.8) is 0 Å². The molecule has 4 heteroatoms. The second-order valence-electron chi connectivity index (χ2n) is 5.89. The molecule has 17 heavy (non-hydrogen) atoms. The van der Waals surface area contributed by atoms with Crippen LogP contribution in [0.2, 0.25) is 0 Å². The highest BCUT2D eigenvalue weighted by Crippen LogP contribution is 2.35. The number of rotatable bonds is 5. The lowest BCUT2D eigenvalue weighted by atomic mass is 9.82. The van der Waals surface area contributed by atoms with Crippen molar-refractivity contribution in [2.24, 2.45) is 17.6 Å². The summed E-state index contributed by atoms with van der Waals surface area (Å²) >= 11 is 0. The monoisotopic (exact) mass is 243 g/mol. The second kappa shape index (κ2) is 5.65. The zero-order valence-corrected chi connectivity index (χ0v) is 10.3. The number of aliphatic hydroxyl groups is 3. The fourth-order valence-electron chi connectivity index (χ4n) is 2.87. The molecule has 4 nitrogen and oxygen atoms in total. The highest BCUT2D eigenvalue weighted by atomic mass is 16.3. The van der Waals surface area contributed by atoms with Crippen LogP contribution in [-0.4, -0.2) is 39.7 Å². The standard InChI is InChI=1S/C13H25NO3/c14-11(13(17)12(16)9-3-4-9)7-8-1-5-10(15)6-2-8/h8-13,15-17H,1-7,14H2/t8?,10?,11?,12-,13+/m0/s1. The Labute approximate surface area is 103 Å². The normalized spacial score (nSPS) is 35.3. The van der Waals surface area contributed by atoms with Crippen LogP contribution in [0.4, 0.5) is 0 Å². The fraction of sp³-hybridized carbons (Fsp3) is 1.00. The minimum absolute atomic E-state index is 0.149. The minimum Gasteiger partial charge on any atom is -0.393 e. The molecule has 0 aromatic carbocycles. The van der Waals surface area contributed by atoms with Crippen molar-refractivity contribution in [1.29, 1.82) is 0 Å². The van der Waals surface area contributed by atoms with E-state index in [1.165, 1.54) is 0 Å². The third-order valence-corrected chi connectivity index (χ3v) is 4.32. The molecule has 0 amide bonds. The predicted octanol–water partition coefficient (Wildman–Crippen LogP) is 0.387. The number of hydrogen-bond donors (Lipinski definition) is 4. The Balaban J connectivity index is 1.73. The summed E-state index contributed by atoms with van der Waals surface area (Å²) in [5.74, 6) is 0.763. The molecule has 0 radical (unpaired) electrons. The van der Waals surface area contributed by atoms with E-state index >= 15 is 0 Å². The maximum atomic E-state index is 9.95. The van der Waals surface area contributed by atoms with Gasteiger partial charge in [-0.05, 0) is 56.8 Å². The van der Waals surface area contributed by atoms with Crippen LogP contribution in [0, 0.1) is 11.8 Å². The van der Waals surface area contributed by atoms with E-state index in [-0.39, 0.29) is 18.1 Å². The average Bonchev–Trinajstić information content (AvgIpc) is 3.14. The zero-order valence-electron chi connectivity index (χ0n) is 10.3. The molecule has 0 saturated heterocycles. The Hall–Kier alpha value is -0.160. The molecule has 100 valence electrons. The van der Waals surface area contributed by atoms with Crippen LogP contribution >= 0.6 is 0 Å². The Kier molecular flexibility index (Phi) is 4.42. The third-order valence-electron chi connectivity index (χ3n) is 4.32. The molecule has 5 N–H and O–H groups in total. The van der Waals surface area contributed by atoms with Gasteiger partial charge in [-0.2, -0.15) is 0 Å². The van der Waals surface area contributed by atoms with Crippen LogP contribution in [-0.2, 0) is 0 Å². The first-order valence-electron chi connectivity index (χ1n) is 6.87. The first-order chi connectivity index (χ1) is 8.08. The summed E-state index contributed by atoms with van der Waals surface area (Å²) in [4.78, 5) is 0. The van der Waals surface area contributed by atoms with E-state index in [4.69, 9.17) is 5.73 Å². The molecule has 2 fully saturated rings. The highest BCUT2D eigenvalue weighted by Gasteiger charge is 2.37. The molecule has 0 aromatic rings. The van der Waals surface area contributed by atoms with E-state index in [0.29, 0.717) is 5.92 Å². The van der Waals surface area contributed by atoms with Gasteiger partial charge in [0.1, 0.15) is 0 Å². The molecule has 0 heterocycles. The van der Waals surface area contributed by atoms with Gasteiger partial charge in [0.05, 0.1) is 18.3 Å². The summed E-state index contributed by atoms with van der Waals surface area (Å²) in [6.07, 6.45) is 4.89. The molecule has 0 aromatic heterocycles. The number of aliphatic hydroxyl groups excluding tert-OH is 3. The zero-order chi connectivity index (χ0) is 12.4. The van der Waals surface area contributed by atoms with Gasteiger partial charge in [-0.15, -0.1) is 0 Å². The van der Waals surface area contributed by atoms with E-state index in [0.717, 1.165) is 44.9 Å². The minimum atomic E-state index is -0.783. The SMILES string of the molecule is NC(CC1CCC(O)CC1)[C@@H](O)[C@@H](O)C1CC1. The molecule has 0 bridgehead atoms. The van der Waals surface area contributed by atoms with Gasteiger partial charge >= 0.3 is 0 Å². The Morgan fingerprint density at radius 1 is 1.00 bits per heavy atom. The van der Waals surface area contributed by atoms with Gasteiger partial charge in [-0.25, -0.2) is 0 Å². The first kappa shape index (κ1) is 13.3. The fourth-order valence-corrected chi connectivity index (χ4v) is 2.87. The quantitative estimate of drug-likeness (QED) is 0.562. The summed E-state index contributed by atoms with van der Waals surface area (Å²) in [6, 6.07) is -0.328. The number of nitrogens with two attached hydrogens (primary N) is 1. The van der Waals surface area contributed by atoms with Crippen molar-refractivity contribution in [1.82, 2.24) is 0 Å². The molecule has 2 aliphatic rings. The van der Waals surface area contributed by atoms with Crippen LogP contribution in [0.5, 0.6) is 0 Å². The molecule has 2 saturated carbocycles. The Morgan fingerprint density at radius 2 is 1.59 bits per heavy atom. The van der Waals surface area contributed by atoms with Gasteiger partial charge < -0.3 is 21.1 Å². The van der Waals surface area contributed by atoms with Crippen LogP contribution in [0.3, 0.4) is 0 Å². The van der Waals surface area contributed by atoms with E-state index in [2.05, 4.69) is 0 Å². The Bertz CT molecular complexity index is 237. The van der Waals surface area contributed by atoms with Gasteiger partial charge in [-0.1, -0.05) is 0 Å². The van der Waals surface area contributed by atoms with E-state index in [9.17, 15) is 15.3 Å². The lowest BCUT2D eigenvalue weighted by Gasteiger charge is -2.30. The highest BCUT2D eigenvalue weighted by molar-refractivity contribution is 4.90. The summed E-state index contributed by atoms with van der Waals surface area (Å²) in [7, 11) is 0. The van der Waals surface area contributed by atoms with E-state index in [1.807, 2.05) is 0 Å². The van der Waals surface area contributed by atoms with Crippen molar-refractivity contribution in [2.75, 3.05) is 0 Å². The largest absolute Gasteiger partial charge is 0.393 e. The third kappa shape index (κ3) is 3.65. The summed E-state index contributed by atoms with van der Waals surface area (Å²) in [5, 5.41) is 29.2. The molecule has 0 spiro atoms. The lowest BCUT2D eigenvalue weighted by molar-refractivity contribution is -0.0147. The summed E-state index contributed by atoms with van der Waals surface area (Å²) in [5.41, 5.74) is 5.98. The number of hydrogen-bond acceptors (Lipinski definition) is 4. The molecule has 3 atom stereocenters. The van der Waals surface area contributed by atoms with Crippen LogP contribution < -0.4 is 5.73 Å². The molecule has 0 aliphatic heterocycles. The maximum Gasteiger partial charge on any atom is 0.0952 e. The van der Waals surface area contributed by atoms with Gasteiger partial charge in [0.2, 0.25) is 0 Å². The lowest BCUT2D eigenvalue weighted by Crippen LogP contribution is -2.45. The second-order valence-corrected chi connectivity index (χ2v) is 5.89. The van der Waals surface area contributed by atoms with Crippen molar-refractivity contribution < 1.29 is 15.3 Å². The van der Waals surface area contributed by atoms with Gasteiger partial charge in [0, 0.05) is 6.04 Å². The molecule has 2 rings (SSSR count). The van der Waals surface area contributed by atoms with Crippen LogP contribution in [0.1, 0.15) is 44.9 Å². The molecular weight excluding hydrogens is 218 g/mol. The van der Waals surface area contributed by atoms with Gasteiger partial charge in [-0.3, -0.25) is 0 Å². The van der Waals surface area contributed by atoms with Crippen LogP contribution in [0.25, 0.3) is 0 Å². The topological polar surface area (TPSA) is 86.7 Å². The van der Waals surface area contributed by atoms with Crippen molar-refractivity contribution >= 4 is 0 Å². The molecule has 1 unspecified atom stereocenters. The van der Waals surface area contributed by atoms with E-state index in [1.54, 1.807) is 0 Å². The van der Waals surface area contributed by atoms with Crippen molar-refractivity contribution in [3.8, 4) is 0 Å². The smallest absolute Gasteiger partial charge is 0.0952 e. The summed E-state index contributed by atoms with van der Waals surface area (Å²) < 4.78 is 0.